The molecule has 1 rings (SSSR count). The van der Waals surface area contributed by atoms with E-state index in [-0.39, 0.29) is 24.3 Å². The summed E-state index contributed by atoms with van der Waals surface area (Å²) >= 11 is 0. The average molecular weight is 235 g/mol. The van der Waals surface area contributed by atoms with E-state index in [1.165, 1.54) is 0 Å². The summed E-state index contributed by atoms with van der Waals surface area (Å²) in [6, 6.07) is 7.97. The van der Waals surface area contributed by atoms with E-state index in [4.69, 9.17) is 5.11 Å². The summed E-state index contributed by atoms with van der Waals surface area (Å²) in [6.45, 7) is 6.43. The van der Waals surface area contributed by atoms with E-state index < -0.39 is 0 Å². The lowest BCUT2D eigenvalue weighted by atomic mass is 9.98. The van der Waals surface area contributed by atoms with Crippen molar-refractivity contribution in [1.29, 1.82) is 0 Å². The molecule has 0 fully saturated rings. The summed E-state index contributed by atoms with van der Waals surface area (Å²) in [5.74, 6) is -0.0413. The maximum absolute atomic E-state index is 11.9. The third kappa shape index (κ3) is 4.19. The third-order valence-corrected chi connectivity index (χ3v) is 2.87. The lowest BCUT2D eigenvalue weighted by Crippen LogP contribution is -2.32. The average Bonchev–Trinajstić information content (AvgIpc) is 2.34. The van der Waals surface area contributed by atoms with Gasteiger partial charge in [-0.05, 0) is 25.3 Å². The molecule has 1 aromatic rings. The summed E-state index contributed by atoms with van der Waals surface area (Å²) < 4.78 is 0. The highest BCUT2D eigenvalue weighted by molar-refractivity contribution is 5.83. The number of carbonyl (C=O) groups is 1. The van der Waals surface area contributed by atoms with Crippen LogP contribution in [0.3, 0.4) is 0 Å². The highest BCUT2D eigenvalue weighted by Crippen LogP contribution is 2.16. The van der Waals surface area contributed by atoms with Crippen LogP contribution in [0.5, 0.6) is 0 Å². The van der Waals surface area contributed by atoms with Gasteiger partial charge in [-0.1, -0.05) is 36.8 Å². The number of benzene rings is 1. The number of nitrogens with one attached hydrogen (secondary N) is 1. The molecule has 17 heavy (non-hydrogen) atoms. The SMILES string of the molecule is Cc1cccc(C(C)C(=O)NCC(C)CO)c1. The molecule has 1 amide bonds. The van der Waals surface area contributed by atoms with Crippen LogP contribution in [0.15, 0.2) is 24.3 Å². The lowest BCUT2D eigenvalue weighted by molar-refractivity contribution is -0.122. The number of aryl methyl sites for hydroxylation is 1. The van der Waals surface area contributed by atoms with Crippen molar-refractivity contribution >= 4 is 5.91 Å². The molecule has 3 heteroatoms. The van der Waals surface area contributed by atoms with Gasteiger partial charge in [0.2, 0.25) is 5.91 Å². The van der Waals surface area contributed by atoms with Crippen LogP contribution in [0.25, 0.3) is 0 Å². The standard InChI is InChI=1S/C14H21NO2/c1-10-5-4-6-13(7-10)12(3)14(17)15-8-11(2)9-16/h4-7,11-12,16H,8-9H2,1-3H3,(H,15,17). The van der Waals surface area contributed by atoms with Crippen molar-refractivity contribution in [3.63, 3.8) is 0 Å². The van der Waals surface area contributed by atoms with Gasteiger partial charge in [-0.15, -0.1) is 0 Å². The highest BCUT2D eigenvalue weighted by Gasteiger charge is 2.15. The number of aliphatic hydroxyl groups is 1. The number of amides is 1. The lowest BCUT2D eigenvalue weighted by Gasteiger charge is -2.15. The minimum atomic E-state index is -0.152. The first-order valence-electron chi connectivity index (χ1n) is 5.99. The van der Waals surface area contributed by atoms with Gasteiger partial charge in [0.25, 0.3) is 0 Å². The summed E-state index contributed by atoms with van der Waals surface area (Å²) in [5, 5.41) is 11.7. The van der Waals surface area contributed by atoms with Crippen LogP contribution < -0.4 is 5.32 Å². The molecule has 0 saturated heterocycles. The van der Waals surface area contributed by atoms with Crippen molar-refractivity contribution in [2.24, 2.45) is 5.92 Å². The summed E-state index contributed by atoms with van der Waals surface area (Å²) in [6.07, 6.45) is 0. The Hall–Kier alpha value is -1.35. The van der Waals surface area contributed by atoms with Gasteiger partial charge in [-0.2, -0.15) is 0 Å². The third-order valence-electron chi connectivity index (χ3n) is 2.87. The Morgan fingerprint density at radius 2 is 2.12 bits per heavy atom. The molecule has 0 spiro atoms. The Morgan fingerprint density at radius 3 is 2.71 bits per heavy atom. The van der Waals surface area contributed by atoms with E-state index in [1.54, 1.807) is 0 Å². The first-order chi connectivity index (χ1) is 8.04. The molecular formula is C14H21NO2. The smallest absolute Gasteiger partial charge is 0.227 e. The van der Waals surface area contributed by atoms with Gasteiger partial charge in [0.15, 0.2) is 0 Å². The summed E-state index contributed by atoms with van der Waals surface area (Å²) in [7, 11) is 0. The zero-order chi connectivity index (χ0) is 12.8. The van der Waals surface area contributed by atoms with Gasteiger partial charge < -0.3 is 10.4 Å². The van der Waals surface area contributed by atoms with E-state index in [0.717, 1.165) is 11.1 Å². The zero-order valence-corrected chi connectivity index (χ0v) is 10.7. The van der Waals surface area contributed by atoms with Crippen LogP contribution in [-0.2, 0) is 4.79 Å². The van der Waals surface area contributed by atoms with Crippen LogP contribution in [0.4, 0.5) is 0 Å². The van der Waals surface area contributed by atoms with Gasteiger partial charge in [0.05, 0.1) is 5.92 Å². The Labute approximate surface area is 103 Å². The Kier molecular flexibility index (Phi) is 5.16. The molecule has 3 nitrogen and oxygen atoms in total. The molecule has 0 aliphatic carbocycles. The molecule has 1 aromatic carbocycles. The van der Waals surface area contributed by atoms with Crippen molar-refractivity contribution in [2.75, 3.05) is 13.2 Å². The van der Waals surface area contributed by atoms with E-state index >= 15 is 0 Å². The second-order valence-corrected chi connectivity index (χ2v) is 4.67. The molecule has 0 aromatic heterocycles. The monoisotopic (exact) mass is 235 g/mol. The van der Waals surface area contributed by atoms with Crippen molar-refractivity contribution in [1.82, 2.24) is 5.32 Å². The molecule has 0 aliphatic heterocycles. The number of hydrogen-bond acceptors (Lipinski definition) is 2. The first kappa shape index (κ1) is 13.7. The number of carbonyl (C=O) groups excluding carboxylic acids is 1. The first-order valence-corrected chi connectivity index (χ1v) is 5.99. The molecule has 2 unspecified atom stereocenters. The Bertz CT molecular complexity index is 376. The van der Waals surface area contributed by atoms with E-state index in [1.807, 2.05) is 45.0 Å². The molecule has 2 N–H and O–H groups in total. The van der Waals surface area contributed by atoms with Crippen LogP contribution in [-0.4, -0.2) is 24.2 Å². The highest BCUT2D eigenvalue weighted by atomic mass is 16.3. The van der Waals surface area contributed by atoms with Gasteiger partial charge in [-0.25, -0.2) is 0 Å². The minimum absolute atomic E-state index is 0.0101. The fraction of sp³-hybridized carbons (Fsp3) is 0.500. The van der Waals surface area contributed by atoms with Gasteiger partial charge in [0.1, 0.15) is 0 Å². The second kappa shape index (κ2) is 6.40. The second-order valence-electron chi connectivity index (χ2n) is 4.67. The topological polar surface area (TPSA) is 49.3 Å². The fourth-order valence-corrected chi connectivity index (χ4v) is 1.58. The van der Waals surface area contributed by atoms with Gasteiger partial charge >= 0.3 is 0 Å². The molecule has 0 aliphatic rings. The number of hydrogen-bond donors (Lipinski definition) is 2. The fourth-order valence-electron chi connectivity index (χ4n) is 1.58. The largest absolute Gasteiger partial charge is 0.396 e. The Morgan fingerprint density at radius 1 is 1.41 bits per heavy atom. The van der Waals surface area contributed by atoms with Gasteiger partial charge in [-0.3, -0.25) is 4.79 Å². The molecule has 0 radical (unpaired) electrons. The van der Waals surface area contributed by atoms with Crippen molar-refractivity contribution < 1.29 is 9.90 Å². The van der Waals surface area contributed by atoms with Gasteiger partial charge in [0, 0.05) is 13.2 Å². The van der Waals surface area contributed by atoms with E-state index in [0.29, 0.717) is 6.54 Å². The van der Waals surface area contributed by atoms with Crippen LogP contribution >= 0.6 is 0 Å². The summed E-state index contributed by atoms with van der Waals surface area (Å²) in [5.41, 5.74) is 2.19. The maximum atomic E-state index is 11.9. The quantitative estimate of drug-likeness (QED) is 0.818. The molecule has 0 heterocycles. The van der Waals surface area contributed by atoms with Crippen molar-refractivity contribution in [2.45, 2.75) is 26.7 Å². The van der Waals surface area contributed by atoms with Crippen LogP contribution in [0, 0.1) is 12.8 Å². The maximum Gasteiger partial charge on any atom is 0.227 e. The van der Waals surface area contributed by atoms with E-state index in [9.17, 15) is 4.79 Å². The van der Waals surface area contributed by atoms with Crippen LogP contribution in [0.1, 0.15) is 30.9 Å². The molecule has 0 bridgehead atoms. The predicted octanol–water partition coefficient (Wildman–Crippen LogP) is 1.84. The number of aliphatic hydroxyl groups excluding tert-OH is 1. The minimum Gasteiger partial charge on any atom is -0.396 e. The molecule has 0 saturated carbocycles. The Balaban J connectivity index is 2.57. The van der Waals surface area contributed by atoms with E-state index in [2.05, 4.69) is 5.32 Å². The molecule has 2 atom stereocenters. The molecule has 94 valence electrons. The predicted molar refractivity (Wildman–Crippen MR) is 68.9 cm³/mol. The summed E-state index contributed by atoms with van der Waals surface area (Å²) in [4.78, 5) is 11.9. The van der Waals surface area contributed by atoms with Crippen LogP contribution in [0.2, 0.25) is 0 Å². The van der Waals surface area contributed by atoms with Crippen molar-refractivity contribution in [3.8, 4) is 0 Å². The van der Waals surface area contributed by atoms with Crippen molar-refractivity contribution in [3.05, 3.63) is 35.4 Å². The number of rotatable bonds is 5. The molecular weight excluding hydrogens is 214 g/mol. The normalized spacial score (nSPS) is 14.1. The zero-order valence-electron chi connectivity index (χ0n) is 10.7.